The average Bonchev–Trinajstić information content (AvgIpc) is 2.59. The lowest BCUT2D eigenvalue weighted by atomic mass is 9.70. The summed E-state index contributed by atoms with van der Waals surface area (Å²) in [5.74, 6) is 1.18. The fourth-order valence-electron chi connectivity index (χ4n) is 2.69. The Morgan fingerprint density at radius 3 is 2.88 bits per heavy atom. The standard InChI is InChI=1S/C13H19BrOS/c1-9-3-4-13(15,10(2)5-9)7-12-6-11(14)8-16-12/h6,8-10,15H,3-5,7H2,1-2H3. The minimum absolute atomic E-state index is 0.414. The number of hydrogen-bond donors (Lipinski definition) is 1. The molecule has 3 heteroatoms. The van der Waals surface area contributed by atoms with Crippen LogP contribution in [0, 0.1) is 11.8 Å². The molecule has 0 spiro atoms. The summed E-state index contributed by atoms with van der Waals surface area (Å²) in [4.78, 5) is 1.29. The number of rotatable bonds is 2. The minimum atomic E-state index is -0.475. The smallest absolute Gasteiger partial charge is 0.0721 e. The average molecular weight is 303 g/mol. The lowest BCUT2D eigenvalue weighted by Crippen LogP contribution is -2.42. The van der Waals surface area contributed by atoms with Gasteiger partial charge in [0.1, 0.15) is 0 Å². The van der Waals surface area contributed by atoms with Gasteiger partial charge >= 0.3 is 0 Å². The maximum Gasteiger partial charge on any atom is 0.0721 e. The van der Waals surface area contributed by atoms with Gasteiger partial charge in [0.05, 0.1) is 5.60 Å². The molecule has 3 atom stereocenters. The monoisotopic (exact) mass is 302 g/mol. The Kier molecular flexibility index (Phi) is 3.77. The van der Waals surface area contributed by atoms with Crippen molar-refractivity contribution in [1.82, 2.24) is 0 Å². The van der Waals surface area contributed by atoms with Gasteiger partial charge in [0.25, 0.3) is 0 Å². The molecule has 1 aromatic heterocycles. The van der Waals surface area contributed by atoms with Crippen LogP contribution in [0.1, 0.15) is 38.0 Å². The first-order chi connectivity index (χ1) is 7.49. The summed E-state index contributed by atoms with van der Waals surface area (Å²) in [5.41, 5.74) is -0.475. The van der Waals surface area contributed by atoms with E-state index in [9.17, 15) is 5.11 Å². The summed E-state index contributed by atoms with van der Waals surface area (Å²) in [5, 5.41) is 12.8. The first-order valence-corrected chi connectivity index (χ1v) is 7.62. The number of hydrogen-bond acceptors (Lipinski definition) is 2. The normalized spacial score (nSPS) is 35.2. The molecule has 2 rings (SSSR count). The number of aliphatic hydroxyl groups is 1. The van der Waals surface area contributed by atoms with Crippen LogP contribution in [0.3, 0.4) is 0 Å². The first kappa shape index (κ1) is 12.6. The van der Waals surface area contributed by atoms with Crippen molar-refractivity contribution in [1.29, 1.82) is 0 Å². The Labute approximate surface area is 110 Å². The van der Waals surface area contributed by atoms with Crippen LogP contribution < -0.4 is 0 Å². The summed E-state index contributed by atoms with van der Waals surface area (Å²) in [6.07, 6.45) is 4.08. The minimum Gasteiger partial charge on any atom is -0.389 e. The highest BCUT2D eigenvalue weighted by Crippen LogP contribution is 2.39. The van der Waals surface area contributed by atoms with Gasteiger partial charge in [-0.05, 0) is 53.1 Å². The molecule has 0 amide bonds. The highest BCUT2D eigenvalue weighted by molar-refractivity contribution is 9.10. The lowest BCUT2D eigenvalue weighted by Gasteiger charge is -2.40. The Balaban J connectivity index is 2.07. The third-order valence-corrected chi connectivity index (χ3v) is 5.54. The molecule has 16 heavy (non-hydrogen) atoms. The van der Waals surface area contributed by atoms with Crippen LogP contribution in [0.25, 0.3) is 0 Å². The molecule has 1 saturated carbocycles. The van der Waals surface area contributed by atoms with E-state index in [2.05, 4.69) is 41.2 Å². The summed E-state index contributed by atoms with van der Waals surface area (Å²) in [6, 6.07) is 2.13. The summed E-state index contributed by atoms with van der Waals surface area (Å²) < 4.78 is 1.13. The molecule has 0 aliphatic heterocycles. The predicted octanol–water partition coefficient (Wildman–Crippen LogP) is 4.24. The van der Waals surface area contributed by atoms with Gasteiger partial charge in [0.2, 0.25) is 0 Å². The highest BCUT2D eigenvalue weighted by atomic mass is 79.9. The van der Waals surface area contributed by atoms with Crippen LogP contribution in [0.4, 0.5) is 0 Å². The SMILES string of the molecule is CC1CCC(O)(Cc2cc(Br)cs2)C(C)C1. The molecular formula is C13H19BrOS. The fourth-order valence-corrected chi connectivity index (χ4v) is 4.26. The van der Waals surface area contributed by atoms with Crippen molar-refractivity contribution < 1.29 is 5.11 Å². The van der Waals surface area contributed by atoms with E-state index in [1.807, 2.05) is 0 Å². The van der Waals surface area contributed by atoms with Crippen LogP contribution in [0.5, 0.6) is 0 Å². The lowest BCUT2D eigenvalue weighted by molar-refractivity contribution is -0.0516. The first-order valence-electron chi connectivity index (χ1n) is 5.95. The van der Waals surface area contributed by atoms with Crippen molar-refractivity contribution in [2.24, 2.45) is 11.8 Å². The molecule has 1 aromatic rings. The molecule has 3 unspecified atom stereocenters. The molecule has 1 aliphatic rings. The Hall–Kier alpha value is 0.140. The number of thiophene rings is 1. The topological polar surface area (TPSA) is 20.2 Å². The van der Waals surface area contributed by atoms with Crippen molar-refractivity contribution in [2.75, 3.05) is 0 Å². The van der Waals surface area contributed by atoms with Crippen LogP contribution in [0.2, 0.25) is 0 Å². The van der Waals surface area contributed by atoms with Crippen molar-refractivity contribution in [3.05, 3.63) is 20.8 Å². The molecular weight excluding hydrogens is 284 g/mol. The largest absolute Gasteiger partial charge is 0.389 e. The van der Waals surface area contributed by atoms with Gasteiger partial charge < -0.3 is 5.11 Å². The number of halogens is 1. The molecule has 0 bridgehead atoms. The third kappa shape index (κ3) is 2.69. The van der Waals surface area contributed by atoms with E-state index in [1.54, 1.807) is 11.3 Å². The summed E-state index contributed by atoms with van der Waals surface area (Å²) in [6.45, 7) is 4.48. The Morgan fingerprint density at radius 1 is 1.56 bits per heavy atom. The van der Waals surface area contributed by atoms with E-state index in [4.69, 9.17) is 0 Å². The van der Waals surface area contributed by atoms with E-state index >= 15 is 0 Å². The van der Waals surface area contributed by atoms with E-state index in [1.165, 1.54) is 4.88 Å². The molecule has 1 fully saturated rings. The van der Waals surface area contributed by atoms with E-state index in [0.717, 1.165) is 36.1 Å². The maximum absolute atomic E-state index is 10.7. The molecule has 1 nitrogen and oxygen atoms in total. The second-order valence-corrected chi connectivity index (χ2v) is 7.20. The molecule has 0 aromatic carbocycles. The van der Waals surface area contributed by atoms with Crippen molar-refractivity contribution in [2.45, 2.75) is 45.1 Å². The summed E-state index contributed by atoms with van der Waals surface area (Å²) in [7, 11) is 0. The van der Waals surface area contributed by atoms with Crippen LogP contribution in [0.15, 0.2) is 15.9 Å². The van der Waals surface area contributed by atoms with Gasteiger partial charge in [-0.2, -0.15) is 0 Å². The van der Waals surface area contributed by atoms with E-state index < -0.39 is 5.60 Å². The summed E-state index contributed by atoms with van der Waals surface area (Å²) >= 11 is 5.21. The van der Waals surface area contributed by atoms with Crippen molar-refractivity contribution >= 4 is 27.3 Å². The van der Waals surface area contributed by atoms with Gasteiger partial charge in [0.15, 0.2) is 0 Å². The fraction of sp³-hybridized carbons (Fsp3) is 0.692. The van der Waals surface area contributed by atoms with Gasteiger partial charge in [-0.1, -0.05) is 13.8 Å². The molecule has 0 saturated heterocycles. The Bertz CT molecular complexity index is 363. The zero-order valence-corrected chi connectivity index (χ0v) is 12.3. The van der Waals surface area contributed by atoms with Crippen LogP contribution in [-0.4, -0.2) is 10.7 Å². The molecule has 90 valence electrons. The van der Waals surface area contributed by atoms with E-state index in [-0.39, 0.29) is 0 Å². The molecule has 1 N–H and O–H groups in total. The van der Waals surface area contributed by atoms with Crippen LogP contribution in [-0.2, 0) is 6.42 Å². The highest BCUT2D eigenvalue weighted by Gasteiger charge is 2.38. The van der Waals surface area contributed by atoms with Crippen molar-refractivity contribution in [3.63, 3.8) is 0 Å². The van der Waals surface area contributed by atoms with Crippen LogP contribution >= 0.6 is 27.3 Å². The zero-order chi connectivity index (χ0) is 11.8. The molecule has 1 aliphatic carbocycles. The van der Waals surface area contributed by atoms with Gasteiger partial charge in [0, 0.05) is 21.2 Å². The zero-order valence-electron chi connectivity index (χ0n) is 9.87. The van der Waals surface area contributed by atoms with Crippen molar-refractivity contribution in [3.8, 4) is 0 Å². The van der Waals surface area contributed by atoms with Gasteiger partial charge in [-0.15, -0.1) is 11.3 Å². The van der Waals surface area contributed by atoms with E-state index in [0.29, 0.717) is 5.92 Å². The third-order valence-electron chi connectivity index (χ3n) is 3.85. The molecule has 1 heterocycles. The maximum atomic E-state index is 10.7. The van der Waals surface area contributed by atoms with Gasteiger partial charge in [-0.25, -0.2) is 0 Å². The second-order valence-electron chi connectivity index (χ2n) is 5.29. The predicted molar refractivity (Wildman–Crippen MR) is 72.9 cm³/mol. The quantitative estimate of drug-likeness (QED) is 0.866. The van der Waals surface area contributed by atoms with Gasteiger partial charge in [-0.3, -0.25) is 0 Å². The second kappa shape index (κ2) is 4.79. The molecule has 0 radical (unpaired) electrons. The Morgan fingerprint density at radius 2 is 2.31 bits per heavy atom.